The molecule has 0 aromatic carbocycles. The number of nitrogens with zero attached hydrogens (tertiary/aromatic N) is 1. The molecule has 0 spiro atoms. The highest BCUT2D eigenvalue weighted by Crippen LogP contribution is 2.83. The molecule has 1 saturated carbocycles. The van der Waals surface area contributed by atoms with Gasteiger partial charge in [-0.25, -0.2) is 5.01 Å². The van der Waals surface area contributed by atoms with Crippen molar-refractivity contribution in [3.63, 3.8) is 0 Å². The van der Waals surface area contributed by atoms with E-state index in [-0.39, 0.29) is 32.5 Å². The van der Waals surface area contributed by atoms with Crippen LogP contribution >= 0.6 is 0 Å². The monoisotopic (exact) mass is 495 g/mol. The van der Waals surface area contributed by atoms with Gasteiger partial charge in [0.05, 0.1) is 11.1 Å². The van der Waals surface area contributed by atoms with Crippen molar-refractivity contribution >= 4 is 0 Å². The average molecular weight is 495 g/mol. The van der Waals surface area contributed by atoms with Gasteiger partial charge in [0.1, 0.15) is 0 Å². The molecule has 1 aliphatic rings. The van der Waals surface area contributed by atoms with E-state index in [1.165, 1.54) is 0 Å². The van der Waals surface area contributed by atoms with Crippen molar-refractivity contribution in [2.75, 3.05) is 13.7 Å². The molecule has 0 aromatic rings. The molecule has 5 atom stereocenters. The highest BCUT2D eigenvalue weighted by Gasteiger charge is 2.85. The van der Waals surface area contributed by atoms with Gasteiger partial charge in [0.2, 0.25) is 0 Å². The van der Waals surface area contributed by atoms with Gasteiger partial charge in [-0.1, -0.05) is 110 Å². The molecule has 0 amide bonds. The summed E-state index contributed by atoms with van der Waals surface area (Å²) in [6.45, 7) is 40.3. The van der Waals surface area contributed by atoms with Crippen LogP contribution in [0.15, 0.2) is 0 Å². The molecule has 0 heterocycles. The number of rotatable bonds is 11. The van der Waals surface area contributed by atoms with Gasteiger partial charge in [0.25, 0.3) is 0 Å². The molecule has 0 saturated heterocycles. The molecular weight excluding hydrogens is 428 g/mol. The quantitative estimate of drug-likeness (QED) is 0.230. The molecule has 0 bridgehead atoms. The van der Waals surface area contributed by atoms with E-state index in [0.29, 0.717) is 12.5 Å². The van der Waals surface area contributed by atoms with Crippen molar-refractivity contribution < 1.29 is 4.74 Å². The van der Waals surface area contributed by atoms with E-state index in [9.17, 15) is 0 Å². The highest BCUT2D eigenvalue weighted by molar-refractivity contribution is 5.34. The van der Waals surface area contributed by atoms with Crippen molar-refractivity contribution in [3.8, 4) is 0 Å². The molecular formula is C32H66N2O. The van der Waals surface area contributed by atoms with Crippen molar-refractivity contribution in [2.45, 2.75) is 154 Å². The first-order valence-corrected chi connectivity index (χ1v) is 14.9. The van der Waals surface area contributed by atoms with Gasteiger partial charge in [-0.3, -0.25) is 5.84 Å². The predicted octanol–water partition coefficient (Wildman–Crippen LogP) is 9.10. The minimum atomic E-state index is -0.426. The Kier molecular flexibility index (Phi) is 9.29. The van der Waals surface area contributed by atoms with E-state index in [0.717, 1.165) is 32.1 Å². The summed E-state index contributed by atoms with van der Waals surface area (Å²) in [6, 6.07) is 0. The van der Waals surface area contributed by atoms with Crippen LogP contribution in [0.25, 0.3) is 0 Å². The lowest BCUT2D eigenvalue weighted by Gasteiger charge is -2.85. The maximum absolute atomic E-state index is 7.18. The largest absolute Gasteiger partial charge is 0.373 e. The molecule has 210 valence electrons. The molecule has 1 rings (SSSR count). The molecule has 3 heteroatoms. The molecule has 2 N–H and O–H groups in total. The van der Waals surface area contributed by atoms with Crippen LogP contribution in [-0.4, -0.2) is 29.8 Å². The maximum atomic E-state index is 7.18. The summed E-state index contributed by atoms with van der Waals surface area (Å²) in [5.74, 6) is 7.64. The van der Waals surface area contributed by atoms with E-state index in [1.54, 1.807) is 0 Å². The Hall–Kier alpha value is -0.120. The molecule has 0 aromatic heterocycles. The second kappa shape index (κ2) is 9.88. The summed E-state index contributed by atoms with van der Waals surface area (Å²) in [4.78, 5) is 0. The number of hydrogen-bond acceptors (Lipinski definition) is 3. The predicted molar refractivity (Wildman–Crippen MR) is 155 cm³/mol. The van der Waals surface area contributed by atoms with Gasteiger partial charge in [-0.15, -0.1) is 0 Å². The first kappa shape index (κ1) is 32.9. The fourth-order valence-electron chi connectivity index (χ4n) is 11.1. The summed E-state index contributed by atoms with van der Waals surface area (Å²) in [5, 5.41) is 2.10. The highest BCUT2D eigenvalue weighted by atomic mass is 16.5. The first-order chi connectivity index (χ1) is 15.8. The van der Waals surface area contributed by atoms with Crippen LogP contribution in [0.5, 0.6) is 0 Å². The zero-order chi connectivity index (χ0) is 28.1. The molecule has 1 aliphatic carbocycles. The number of nitrogens with two attached hydrogens (primary N) is 1. The summed E-state index contributed by atoms with van der Waals surface area (Å²) in [6.07, 6.45) is 5.46. The molecule has 0 radical (unpaired) electrons. The molecule has 0 aliphatic heterocycles. The molecule has 3 nitrogen and oxygen atoms in total. The zero-order valence-electron chi connectivity index (χ0n) is 27.3. The summed E-state index contributed by atoms with van der Waals surface area (Å²) in [5.41, 5.74) is -0.974. The second-order valence-electron chi connectivity index (χ2n) is 14.1. The summed E-state index contributed by atoms with van der Waals surface area (Å²) >= 11 is 0. The smallest absolute Gasteiger partial charge is 0.0934 e. The fraction of sp³-hybridized carbons (Fsp3) is 1.00. The van der Waals surface area contributed by atoms with Crippen molar-refractivity contribution in [1.82, 2.24) is 5.01 Å². The Balaban J connectivity index is 4.73. The number of likely N-dealkylation sites (N-methyl/N-ethyl adjacent to an activating group) is 1. The van der Waals surface area contributed by atoms with Crippen LogP contribution < -0.4 is 5.84 Å². The SMILES string of the molecule is CCOC1(CC)C(C)(C)C(C)(CC)C(CC)(C(C)C)C(C)(C(C)(C)C(C)(CC)CC)C1(C)N(C)N. The van der Waals surface area contributed by atoms with Gasteiger partial charge < -0.3 is 4.74 Å². The third-order valence-electron chi connectivity index (χ3n) is 14.2. The molecule has 35 heavy (non-hydrogen) atoms. The van der Waals surface area contributed by atoms with Gasteiger partial charge >= 0.3 is 0 Å². The van der Waals surface area contributed by atoms with Crippen LogP contribution in [0.1, 0.15) is 143 Å². The van der Waals surface area contributed by atoms with Crippen LogP contribution in [-0.2, 0) is 4.74 Å². The standard InChI is InChI=1S/C32H66N2O/c1-18-27(13,19-2)25(9,10)29(15)30(16,34(17)33)32(22-5,35-23-6)26(11,12)28(14,20-3)31(29,21-4)24(7)8/h24H,18-23,33H2,1-17H3. The van der Waals surface area contributed by atoms with Gasteiger partial charge in [0.15, 0.2) is 0 Å². The lowest BCUT2D eigenvalue weighted by Crippen LogP contribution is -2.89. The van der Waals surface area contributed by atoms with Crippen LogP contribution in [0, 0.1) is 38.4 Å². The van der Waals surface area contributed by atoms with Gasteiger partial charge in [0, 0.05) is 24.5 Å². The Morgan fingerprint density at radius 3 is 1.51 bits per heavy atom. The van der Waals surface area contributed by atoms with Crippen LogP contribution in [0.3, 0.4) is 0 Å². The van der Waals surface area contributed by atoms with Gasteiger partial charge in [-0.2, -0.15) is 0 Å². The van der Waals surface area contributed by atoms with Crippen molar-refractivity contribution in [3.05, 3.63) is 0 Å². The minimum Gasteiger partial charge on any atom is -0.373 e. The summed E-state index contributed by atoms with van der Waals surface area (Å²) < 4.78 is 7.18. The maximum Gasteiger partial charge on any atom is 0.0934 e. The number of hydrogen-bond donors (Lipinski definition) is 1. The first-order valence-electron chi connectivity index (χ1n) is 14.9. The van der Waals surface area contributed by atoms with Gasteiger partial charge in [-0.05, 0) is 60.7 Å². The van der Waals surface area contributed by atoms with E-state index in [2.05, 4.69) is 123 Å². The lowest BCUT2D eigenvalue weighted by molar-refractivity contribution is -0.396. The normalized spacial score (nSPS) is 38.4. The Morgan fingerprint density at radius 1 is 0.800 bits per heavy atom. The fourth-order valence-corrected chi connectivity index (χ4v) is 11.1. The van der Waals surface area contributed by atoms with Crippen LogP contribution in [0.2, 0.25) is 0 Å². The number of ether oxygens (including phenoxy) is 1. The zero-order valence-corrected chi connectivity index (χ0v) is 27.3. The number of hydrazine groups is 1. The second-order valence-corrected chi connectivity index (χ2v) is 14.1. The topological polar surface area (TPSA) is 38.5 Å². The average Bonchev–Trinajstić information content (AvgIpc) is 2.79. The van der Waals surface area contributed by atoms with Crippen LogP contribution in [0.4, 0.5) is 0 Å². The third-order valence-corrected chi connectivity index (χ3v) is 14.2. The molecule has 1 fully saturated rings. The van der Waals surface area contributed by atoms with Crippen molar-refractivity contribution in [2.24, 2.45) is 44.3 Å². The van der Waals surface area contributed by atoms with E-state index in [1.807, 2.05) is 0 Å². The Labute approximate surface area is 221 Å². The minimum absolute atomic E-state index is 0.0193. The van der Waals surface area contributed by atoms with E-state index < -0.39 is 11.1 Å². The van der Waals surface area contributed by atoms with E-state index >= 15 is 0 Å². The lowest BCUT2D eigenvalue weighted by atomic mass is 9.22. The summed E-state index contributed by atoms with van der Waals surface area (Å²) in [7, 11) is 2.12. The van der Waals surface area contributed by atoms with E-state index in [4.69, 9.17) is 10.6 Å². The van der Waals surface area contributed by atoms with Crippen molar-refractivity contribution in [1.29, 1.82) is 0 Å². The molecule has 5 unspecified atom stereocenters. The third kappa shape index (κ3) is 3.25. The Morgan fingerprint density at radius 2 is 1.26 bits per heavy atom. The Bertz CT molecular complexity index is 723.